The second kappa shape index (κ2) is 6.20. The van der Waals surface area contributed by atoms with E-state index in [1.54, 1.807) is 11.3 Å². The zero-order chi connectivity index (χ0) is 14.7. The molecule has 1 aromatic carbocycles. The predicted molar refractivity (Wildman–Crippen MR) is 85.9 cm³/mol. The summed E-state index contributed by atoms with van der Waals surface area (Å²) in [5, 5.41) is 7.42. The van der Waals surface area contributed by atoms with E-state index in [-0.39, 0.29) is 0 Å². The van der Waals surface area contributed by atoms with Gasteiger partial charge in [0.1, 0.15) is 5.01 Å². The van der Waals surface area contributed by atoms with Crippen LogP contribution in [0.25, 0.3) is 10.6 Å². The zero-order valence-corrected chi connectivity index (χ0v) is 13.0. The first kappa shape index (κ1) is 14.0. The van der Waals surface area contributed by atoms with E-state index in [1.807, 2.05) is 42.3 Å². The summed E-state index contributed by atoms with van der Waals surface area (Å²) in [5.74, 6) is 0. The first-order valence-electron chi connectivity index (χ1n) is 6.86. The van der Waals surface area contributed by atoms with E-state index in [1.165, 1.54) is 11.1 Å². The van der Waals surface area contributed by atoms with Crippen molar-refractivity contribution >= 4 is 11.3 Å². The van der Waals surface area contributed by atoms with Gasteiger partial charge in [0.05, 0.1) is 11.9 Å². The second-order valence-corrected chi connectivity index (χ2v) is 6.06. The van der Waals surface area contributed by atoms with Gasteiger partial charge in [-0.25, -0.2) is 4.98 Å². The van der Waals surface area contributed by atoms with Gasteiger partial charge in [-0.15, -0.1) is 11.3 Å². The summed E-state index contributed by atoms with van der Waals surface area (Å²) >= 11 is 1.70. The van der Waals surface area contributed by atoms with Crippen molar-refractivity contribution in [2.75, 3.05) is 7.05 Å². The van der Waals surface area contributed by atoms with E-state index in [2.05, 4.69) is 34.6 Å². The fraction of sp³-hybridized carbons (Fsp3) is 0.250. The molecule has 3 aromatic rings. The maximum Gasteiger partial charge on any atom is 0.123 e. The Balaban J connectivity index is 1.64. The van der Waals surface area contributed by atoms with Crippen molar-refractivity contribution < 1.29 is 0 Å². The number of thiazole rings is 1. The van der Waals surface area contributed by atoms with E-state index in [0.717, 1.165) is 23.8 Å². The monoisotopic (exact) mass is 298 g/mol. The van der Waals surface area contributed by atoms with Crippen LogP contribution in [0, 0.1) is 0 Å². The molecule has 4 nitrogen and oxygen atoms in total. The highest BCUT2D eigenvalue weighted by Crippen LogP contribution is 2.23. The molecule has 0 unspecified atom stereocenters. The molecule has 2 heterocycles. The average molecular weight is 298 g/mol. The van der Waals surface area contributed by atoms with Crippen molar-refractivity contribution in [3.63, 3.8) is 0 Å². The highest BCUT2D eigenvalue weighted by molar-refractivity contribution is 7.13. The first-order valence-corrected chi connectivity index (χ1v) is 7.74. The van der Waals surface area contributed by atoms with Crippen molar-refractivity contribution in [3.8, 4) is 10.6 Å². The molecule has 2 aromatic heterocycles. The highest BCUT2D eigenvalue weighted by atomic mass is 32.1. The van der Waals surface area contributed by atoms with Crippen molar-refractivity contribution in [2.24, 2.45) is 7.05 Å². The van der Waals surface area contributed by atoms with Crippen LogP contribution in [0.1, 0.15) is 11.3 Å². The van der Waals surface area contributed by atoms with Crippen LogP contribution in [0.5, 0.6) is 0 Å². The van der Waals surface area contributed by atoms with Gasteiger partial charge in [0.15, 0.2) is 0 Å². The topological polar surface area (TPSA) is 34.0 Å². The maximum absolute atomic E-state index is 4.72. The van der Waals surface area contributed by atoms with Crippen LogP contribution in [0.2, 0.25) is 0 Å². The third-order valence-corrected chi connectivity index (χ3v) is 4.16. The number of aromatic nitrogens is 3. The second-order valence-electron chi connectivity index (χ2n) is 5.20. The minimum absolute atomic E-state index is 0.845. The number of nitrogens with zero attached hydrogens (tertiary/aromatic N) is 4. The zero-order valence-electron chi connectivity index (χ0n) is 12.2. The van der Waals surface area contributed by atoms with Crippen LogP contribution >= 0.6 is 11.3 Å². The third kappa shape index (κ3) is 3.56. The smallest absolute Gasteiger partial charge is 0.123 e. The van der Waals surface area contributed by atoms with Crippen LogP contribution in [-0.4, -0.2) is 26.7 Å². The number of benzene rings is 1. The summed E-state index contributed by atoms with van der Waals surface area (Å²) in [6.45, 7) is 1.73. The molecule has 0 radical (unpaired) electrons. The molecule has 0 aliphatic heterocycles. The average Bonchev–Trinajstić information content (AvgIpc) is 3.09. The van der Waals surface area contributed by atoms with Crippen LogP contribution in [0.15, 0.2) is 48.1 Å². The molecule has 5 heteroatoms. The van der Waals surface area contributed by atoms with Gasteiger partial charge in [0.25, 0.3) is 0 Å². The quantitative estimate of drug-likeness (QED) is 0.725. The maximum atomic E-state index is 4.72. The van der Waals surface area contributed by atoms with Gasteiger partial charge in [-0.1, -0.05) is 30.3 Å². The molecular formula is C16H18N4S. The van der Waals surface area contributed by atoms with E-state index >= 15 is 0 Å². The lowest BCUT2D eigenvalue weighted by Gasteiger charge is -2.13. The number of aryl methyl sites for hydroxylation is 1. The van der Waals surface area contributed by atoms with Gasteiger partial charge in [-0.3, -0.25) is 9.58 Å². The predicted octanol–water partition coefficient (Wildman–Crippen LogP) is 3.18. The fourth-order valence-electron chi connectivity index (χ4n) is 2.29. The summed E-state index contributed by atoms with van der Waals surface area (Å²) in [5.41, 5.74) is 3.52. The summed E-state index contributed by atoms with van der Waals surface area (Å²) in [7, 11) is 4.05. The molecule has 21 heavy (non-hydrogen) atoms. The molecule has 3 rings (SSSR count). The minimum Gasteiger partial charge on any atom is -0.296 e. The Morgan fingerprint density at radius 2 is 2.00 bits per heavy atom. The van der Waals surface area contributed by atoms with E-state index in [9.17, 15) is 0 Å². The van der Waals surface area contributed by atoms with Crippen LogP contribution < -0.4 is 0 Å². The van der Waals surface area contributed by atoms with Gasteiger partial charge in [0.2, 0.25) is 0 Å². The summed E-state index contributed by atoms with van der Waals surface area (Å²) in [6.07, 6.45) is 3.96. The molecule has 0 N–H and O–H groups in total. The standard InChI is InChI=1S/C16H18N4S/c1-19(9-13-8-17-20(2)10-13)11-15-12-21-16(18-15)14-6-4-3-5-7-14/h3-8,10,12H,9,11H2,1-2H3. The van der Waals surface area contributed by atoms with Gasteiger partial charge < -0.3 is 0 Å². The Morgan fingerprint density at radius 3 is 2.71 bits per heavy atom. The van der Waals surface area contributed by atoms with E-state index in [0.29, 0.717) is 0 Å². The SMILES string of the molecule is CN(Cc1cnn(C)c1)Cc1csc(-c2ccccc2)n1. The third-order valence-electron chi connectivity index (χ3n) is 3.22. The largest absolute Gasteiger partial charge is 0.296 e. The number of rotatable bonds is 5. The lowest BCUT2D eigenvalue weighted by atomic mass is 10.2. The molecule has 0 saturated carbocycles. The van der Waals surface area contributed by atoms with E-state index < -0.39 is 0 Å². The Morgan fingerprint density at radius 1 is 1.19 bits per heavy atom. The first-order chi connectivity index (χ1) is 10.2. The minimum atomic E-state index is 0.845. The van der Waals surface area contributed by atoms with E-state index in [4.69, 9.17) is 4.98 Å². The van der Waals surface area contributed by atoms with Gasteiger partial charge in [-0.2, -0.15) is 5.10 Å². The summed E-state index contributed by atoms with van der Waals surface area (Å²) < 4.78 is 1.83. The van der Waals surface area contributed by atoms with Gasteiger partial charge >= 0.3 is 0 Å². The highest BCUT2D eigenvalue weighted by Gasteiger charge is 2.08. The lowest BCUT2D eigenvalue weighted by molar-refractivity contribution is 0.316. The Bertz CT molecular complexity index is 702. The van der Waals surface area contributed by atoms with Crippen molar-refractivity contribution in [2.45, 2.75) is 13.1 Å². The Hall–Kier alpha value is -1.98. The Kier molecular flexibility index (Phi) is 4.13. The molecule has 108 valence electrons. The van der Waals surface area contributed by atoms with Gasteiger partial charge in [-0.05, 0) is 7.05 Å². The van der Waals surface area contributed by atoms with Crippen molar-refractivity contribution in [1.29, 1.82) is 0 Å². The van der Waals surface area contributed by atoms with Crippen molar-refractivity contribution in [1.82, 2.24) is 19.7 Å². The summed E-state index contributed by atoms with van der Waals surface area (Å²) in [6, 6.07) is 10.3. The van der Waals surface area contributed by atoms with Crippen LogP contribution in [0.3, 0.4) is 0 Å². The molecule has 0 fully saturated rings. The van der Waals surface area contributed by atoms with Crippen molar-refractivity contribution in [3.05, 3.63) is 59.4 Å². The molecular weight excluding hydrogens is 280 g/mol. The summed E-state index contributed by atoms with van der Waals surface area (Å²) in [4.78, 5) is 6.97. The molecule has 0 spiro atoms. The lowest BCUT2D eigenvalue weighted by Crippen LogP contribution is -2.17. The molecule has 0 amide bonds. The van der Waals surface area contributed by atoms with Crippen LogP contribution in [-0.2, 0) is 20.1 Å². The number of hydrogen-bond donors (Lipinski definition) is 0. The molecule has 0 saturated heterocycles. The number of hydrogen-bond acceptors (Lipinski definition) is 4. The molecule has 0 aliphatic carbocycles. The normalized spacial score (nSPS) is 11.2. The Labute approximate surface area is 128 Å². The van der Waals surface area contributed by atoms with Crippen LogP contribution in [0.4, 0.5) is 0 Å². The fourth-order valence-corrected chi connectivity index (χ4v) is 3.11. The molecule has 0 atom stereocenters. The molecule has 0 bridgehead atoms. The van der Waals surface area contributed by atoms with Gasteiger partial charge in [0, 0.05) is 42.8 Å². The molecule has 0 aliphatic rings.